The average Bonchev–Trinajstić information content (AvgIpc) is 2.21. The smallest absolute Gasteiger partial charge is 0.0523 e. The van der Waals surface area contributed by atoms with E-state index in [2.05, 4.69) is 33.6 Å². The summed E-state index contributed by atoms with van der Waals surface area (Å²) in [5.41, 5.74) is 0. The highest BCUT2D eigenvalue weighted by molar-refractivity contribution is 7.97. The lowest BCUT2D eigenvalue weighted by molar-refractivity contribution is 0.530. The zero-order chi connectivity index (χ0) is 8.93. The van der Waals surface area contributed by atoms with Crippen molar-refractivity contribution in [2.45, 2.75) is 4.90 Å². The van der Waals surface area contributed by atoms with Crippen molar-refractivity contribution < 1.29 is 0 Å². The molecule has 1 aromatic carbocycles. The van der Waals surface area contributed by atoms with Gasteiger partial charge in [-0.2, -0.15) is 0 Å². The predicted octanol–water partition coefficient (Wildman–Crippen LogP) is 2.08. The summed E-state index contributed by atoms with van der Waals surface area (Å²) in [4.78, 5) is 5.49. The van der Waals surface area contributed by atoms with Crippen molar-refractivity contribution in [3.05, 3.63) is 30.3 Å². The molecule has 0 amide bonds. The van der Waals surface area contributed by atoms with Crippen LogP contribution in [0.5, 0.6) is 0 Å². The van der Waals surface area contributed by atoms with Gasteiger partial charge in [-0.15, -0.1) is 0 Å². The van der Waals surface area contributed by atoms with E-state index >= 15 is 0 Å². The van der Waals surface area contributed by atoms with Crippen molar-refractivity contribution in [3.8, 4) is 0 Å². The van der Waals surface area contributed by atoms with Gasteiger partial charge >= 0.3 is 0 Å². The first-order valence-corrected chi connectivity index (χ1v) is 5.19. The van der Waals surface area contributed by atoms with Crippen molar-refractivity contribution in [1.82, 2.24) is 4.31 Å². The standard InChI is InChI=1S/C10H12N2S/c1-2-4-10(5-3-1)13-12-8-6-11-7-9-12/h1-6H,7-9H2. The highest BCUT2D eigenvalue weighted by atomic mass is 32.2. The SMILES string of the molecule is C1=NCCN(Sc2ccccc2)C1. The number of benzene rings is 1. The van der Waals surface area contributed by atoms with Gasteiger partial charge in [-0.05, 0) is 24.1 Å². The van der Waals surface area contributed by atoms with Gasteiger partial charge in [0.1, 0.15) is 0 Å². The zero-order valence-electron chi connectivity index (χ0n) is 7.39. The number of aliphatic imine (C=N–C) groups is 1. The molecule has 3 heteroatoms. The van der Waals surface area contributed by atoms with Crippen molar-refractivity contribution in [2.24, 2.45) is 4.99 Å². The first kappa shape index (κ1) is 8.78. The van der Waals surface area contributed by atoms with Crippen LogP contribution in [0, 0.1) is 0 Å². The second-order valence-electron chi connectivity index (χ2n) is 2.88. The number of rotatable bonds is 2. The fourth-order valence-corrected chi connectivity index (χ4v) is 2.11. The minimum atomic E-state index is 0.930. The summed E-state index contributed by atoms with van der Waals surface area (Å²) in [5.74, 6) is 0. The Kier molecular flexibility index (Phi) is 3.00. The molecular formula is C10H12N2S. The van der Waals surface area contributed by atoms with Gasteiger partial charge in [0, 0.05) is 24.2 Å². The Morgan fingerprint density at radius 2 is 2.08 bits per heavy atom. The van der Waals surface area contributed by atoms with Crippen LogP contribution in [0.1, 0.15) is 0 Å². The summed E-state index contributed by atoms with van der Waals surface area (Å²) in [6.07, 6.45) is 1.99. The third kappa shape index (κ3) is 2.57. The number of nitrogens with zero attached hydrogens (tertiary/aromatic N) is 2. The maximum absolute atomic E-state index is 4.19. The molecule has 1 aromatic rings. The monoisotopic (exact) mass is 192 g/mol. The van der Waals surface area contributed by atoms with E-state index in [1.165, 1.54) is 4.90 Å². The first-order valence-electron chi connectivity index (χ1n) is 4.41. The largest absolute Gasteiger partial charge is 0.295 e. The number of hydrogen-bond acceptors (Lipinski definition) is 3. The molecule has 0 radical (unpaired) electrons. The van der Waals surface area contributed by atoms with E-state index in [0.717, 1.165) is 19.6 Å². The molecule has 2 rings (SSSR count). The highest BCUT2D eigenvalue weighted by Gasteiger charge is 2.07. The van der Waals surface area contributed by atoms with Gasteiger partial charge in [0.05, 0.1) is 6.54 Å². The van der Waals surface area contributed by atoms with Crippen molar-refractivity contribution >= 4 is 18.2 Å². The maximum atomic E-state index is 4.19. The summed E-state index contributed by atoms with van der Waals surface area (Å²) < 4.78 is 2.32. The molecule has 0 aliphatic carbocycles. The summed E-state index contributed by atoms with van der Waals surface area (Å²) in [5, 5.41) is 0. The Hall–Kier alpha value is -0.800. The van der Waals surface area contributed by atoms with E-state index in [0.29, 0.717) is 0 Å². The summed E-state index contributed by atoms with van der Waals surface area (Å²) in [7, 11) is 0. The van der Waals surface area contributed by atoms with Gasteiger partial charge in [-0.3, -0.25) is 4.99 Å². The van der Waals surface area contributed by atoms with Crippen molar-refractivity contribution in [2.75, 3.05) is 19.6 Å². The van der Waals surface area contributed by atoms with E-state index in [1.54, 1.807) is 11.9 Å². The third-order valence-electron chi connectivity index (χ3n) is 1.87. The van der Waals surface area contributed by atoms with Gasteiger partial charge in [0.15, 0.2) is 0 Å². The van der Waals surface area contributed by atoms with Crippen LogP contribution in [-0.4, -0.2) is 30.2 Å². The van der Waals surface area contributed by atoms with Crippen molar-refractivity contribution in [3.63, 3.8) is 0 Å². The maximum Gasteiger partial charge on any atom is 0.0523 e. The predicted molar refractivity (Wildman–Crippen MR) is 57.2 cm³/mol. The Morgan fingerprint density at radius 3 is 2.77 bits per heavy atom. The van der Waals surface area contributed by atoms with Gasteiger partial charge < -0.3 is 0 Å². The van der Waals surface area contributed by atoms with E-state index in [-0.39, 0.29) is 0 Å². The lowest BCUT2D eigenvalue weighted by Gasteiger charge is -2.20. The van der Waals surface area contributed by atoms with Crippen LogP contribution in [0.25, 0.3) is 0 Å². The van der Waals surface area contributed by atoms with E-state index in [4.69, 9.17) is 0 Å². The molecule has 0 fully saturated rings. The van der Waals surface area contributed by atoms with E-state index < -0.39 is 0 Å². The average molecular weight is 192 g/mol. The molecule has 0 N–H and O–H groups in total. The van der Waals surface area contributed by atoms with E-state index in [9.17, 15) is 0 Å². The molecule has 1 aliphatic heterocycles. The van der Waals surface area contributed by atoms with E-state index in [1.807, 2.05) is 12.3 Å². The van der Waals surface area contributed by atoms with Gasteiger partial charge in [0.25, 0.3) is 0 Å². The van der Waals surface area contributed by atoms with Crippen LogP contribution < -0.4 is 0 Å². The minimum absolute atomic E-state index is 0.930. The molecule has 0 unspecified atom stereocenters. The fourth-order valence-electron chi connectivity index (χ4n) is 1.21. The summed E-state index contributed by atoms with van der Waals surface area (Å²) >= 11 is 1.81. The number of hydrogen-bond donors (Lipinski definition) is 0. The third-order valence-corrected chi connectivity index (χ3v) is 2.94. The molecule has 2 nitrogen and oxygen atoms in total. The van der Waals surface area contributed by atoms with Crippen molar-refractivity contribution in [1.29, 1.82) is 0 Å². The zero-order valence-corrected chi connectivity index (χ0v) is 8.20. The van der Waals surface area contributed by atoms with Crippen LogP contribution >= 0.6 is 11.9 Å². The van der Waals surface area contributed by atoms with Crippen LogP contribution in [0.4, 0.5) is 0 Å². The molecule has 68 valence electrons. The van der Waals surface area contributed by atoms with Gasteiger partial charge in [-0.25, -0.2) is 4.31 Å². The summed E-state index contributed by atoms with van der Waals surface area (Å²) in [6, 6.07) is 10.5. The lowest BCUT2D eigenvalue weighted by atomic mass is 10.4. The molecule has 0 aromatic heterocycles. The quantitative estimate of drug-likeness (QED) is 0.667. The van der Waals surface area contributed by atoms with Crippen LogP contribution in [-0.2, 0) is 0 Å². The normalized spacial score (nSPS) is 17.5. The first-order chi connectivity index (χ1) is 6.45. The van der Waals surface area contributed by atoms with Gasteiger partial charge in [-0.1, -0.05) is 18.2 Å². The summed E-state index contributed by atoms with van der Waals surface area (Å²) in [6.45, 7) is 2.94. The Morgan fingerprint density at radius 1 is 1.23 bits per heavy atom. The molecule has 1 aliphatic rings. The highest BCUT2D eigenvalue weighted by Crippen LogP contribution is 2.21. The molecule has 0 saturated heterocycles. The lowest BCUT2D eigenvalue weighted by Crippen LogP contribution is -2.25. The molecule has 0 atom stereocenters. The molecule has 0 bridgehead atoms. The van der Waals surface area contributed by atoms with Gasteiger partial charge in [0.2, 0.25) is 0 Å². The molecule has 13 heavy (non-hydrogen) atoms. The Bertz CT molecular complexity index is 284. The Balaban J connectivity index is 1.94. The molecule has 1 heterocycles. The fraction of sp³-hybridized carbons (Fsp3) is 0.300. The van der Waals surface area contributed by atoms with Crippen LogP contribution in [0.2, 0.25) is 0 Å². The van der Waals surface area contributed by atoms with Crippen LogP contribution in [0.15, 0.2) is 40.2 Å². The Labute approximate surface area is 82.8 Å². The molecule has 0 saturated carbocycles. The molecule has 0 spiro atoms. The topological polar surface area (TPSA) is 15.6 Å². The second kappa shape index (κ2) is 4.44. The minimum Gasteiger partial charge on any atom is -0.295 e. The second-order valence-corrected chi connectivity index (χ2v) is 4.05. The van der Waals surface area contributed by atoms with Crippen LogP contribution in [0.3, 0.4) is 0 Å². The molecular weight excluding hydrogens is 180 g/mol.